The van der Waals surface area contributed by atoms with E-state index >= 15 is 0 Å². The Morgan fingerprint density at radius 3 is 1.74 bits per heavy atom. The minimum atomic E-state index is -3.62. The number of hydrogen-bond acceptors (Lipinski definition) is 5. The molecule has 0 saturated heterocycles. The van der Waals surface area contributed by atoms with Crippen LogP contribution < -0.4 is 5.32 Å². The van der Waals surface area contributed by atoms with E-state index in [0.717, 1.165) is 42.6 Å². The van der Waals surface area contributed by atoms with Gasteiger partial charge in [0.05, 0.1) is 9.79 Å². The SMILES string of the molecule is O=C1CCCC2=C1C(c1ccc(S(=O)(=O)c3ccccc3)cc1)C1=C(CCCC1=O)N2. The highest BCUT2D eigenvalue weighted by molar-refractivity contribution is 7.91. The maximum Gasteiger partial charge on any atom is 0.206 e. The summed E-state index contributed by atoms with van der Waals surface area (Å²) in [5, 5.41) is 3.40. The summed E-state index contributed by atoms with van der Waals surface area (Å²) in [6.07, 6.45) is 4.17. The van der Waals surface area contributed by atoms with E-state index < -0.39 is 15.8 Å². The van der Waals surface area contributed by atoms with Crippen LogP contribution in [0.5, 0.6) is 0 Å². The van der Waals surface area contributed by atoms with Gasteiger partial charge in [-0.05, 0) is 55.5 Å². The monoisotopic (exact) mass is 433 g/mol. The van der Waals surface area contributed by atoms with Crippen molar-refractivity contribution in [3.63, 3.8) is 0 Å². The number of carbonyl (C=O) groups is 2. The molecule has 2 aromatic rings. The smallest absolute Gasteiger partial charge is 0.206 e. The van der Waals surface area contributed by atoms with Crippen molar-refractivity contribution < 1.29 is 18.0 Å². The van der Waals surface area contributed by atoms with Crippen LogP contribution in [0.25, 0.3) is 0 Å². The van der Waals surface area contributed by atoms with Crippen LogP contribution in [0.15, 0.2) is 86.9 Å². The average molecular weight is 434 g/mol. The van der Waals surface area contributed by atoms with Crippen molar-refractivity contribution in [3.05, 3.63) is 82.7 Å². The van der Waals surface area contributed by atoms with Crippen molar-refractivity contribution >= 4 is 21.4 Å². The number of benzene rings is 2. The minimum absolute atomic E-state index is 0.0738. The van der Waals surface area contributed by atoms with E-state index in [1.165, 1.54) is 0 Å². The highest BCUT2D eigenvalue weighted by Gasteiger charge is 2.40. The number of dihydropyridines is 1. The lowest BCUT2D eigenvalue weighted by atomic mass is 9.71. The maximum absolute atomic E-state index is 12.9. The van der Waals surface area contributed by atoms with Gasteiger partial charge in [0, 0.05) is 41.3 Å². The van der Waals surface area contributed by atoms with Crippen LogP contribution in [0, 0.1) is 0 Å². The van der Waals surface area contributed by atoms with Gasteiger partial charge < -0.3 is 5.32 Å². The summed E-state index contributed by atoms with van der Waals surface area (Å²) in [5.41, 5.74) is 4.00. The highest BCUT2D eigenvalue weighted by atomic mass is 32.2. The molecule has 0 aromatic heterocycles. The molecule has 0 bridgehead atoms. The van der Waals surface area contributed by atoms with Crippen molar-refractivity contribution in [1.29, 1.82) is 0 Å². The molecule has 2 aliphatic carbocycles. The van der Waals surface area contributed by atoms with Gasteiger partial charge in [-0.1, -0.05) is 30.3 Å². The first-order valence-corrected chi connectivity index (χ1v) is 12.1. The summed E-state index contributed by atoms with van der Waals surface area (Å²) in [6, 6.07) is 15.0. The number of Topliss-reactive ketones (excluding diaryl/α,β-unsaturated/α-hetero) is 2. The lowest BCUT2D eigenvalue weighted by Gasteiger charge is -2.37. The Labute approximate surface area is 181 Å². The highest BCUT2D eigenvalue weighted by Crippen LogP contribution is 2.45. The van der Waals surface area contributed by atoms with E-state index in [1.54, 1.807) is 54.6 Å². The molecule has 0 spiro atoms. The van der Waals surface area contributed by atoms with Crippen LogP contribution in [-0.2, 0) is 19.4 Å². The maximum atomic E-state index is 12.9. The molecule has 0 atom stereocenters. The lowest BCUT2D eigenvalue weighted by molar-refractivity contribution is -0.116. The van der Waals surface area contributed by atoms with Crippen LogP contribution >= 0.6 is 0 Å². The molecular weight excluding hydrogens is 410 g/mol. The summed E-state index contributed by atoms with van der Waals surface area (Å²) in [5.74, 6) is -0.269. The predicted octanol–water partition coefficient (Wildman–Crippen LogP) is 4.22. The molecule has 5 rings (SSSR count). The Morgan fingerprint density at radius 1 is 0.677 bits per heavy atom. The lowest BCUT2D eigenvalue weighted by Crippen LogP contribution is -2.36. The standard InChI is InChI=1S/C25H23NO4S/c27-21-10-4-8-19-24(21)23(25-20(26-19)9-5-11-22(25)28)16-12-14-18(15-13-16)31(29,30)17-6-2-1-3-7-17/h1-3,6-7,12-15,23,26H,4-5,8-11H2. The van der Waals surface area contributed by atoms with Crippen LogP contribution in [0.3, 0.4) is 0 Å². The van der Waals surface area contributed by atoms with E-state index in [1.807, 2.05) is 0 Å². The van der Waals surface area contributed by atoms with Crippen LogP contribution in [-0.4, -0.2) is 20.0 Å². The first kappa shape index (κ1) is 19.9. The topological polar surface area (TPSA) is 80.3 Å². The third kappa shape index (κ3) is 3.35. The normalized spacial score (nSPS) is 19.7. The number of ketones is 2. The summed E-state index contributed by atoms with van der Waals surface area (Å²) in [6.45, 7) is 0. The number of rotatable bonds is 3. The van der Waals surface area contributed by atoms with Crippen LogP contribution in [0.2, 0.25) is 0 Å². The molecule has 158 valence electrons. The molecule has 1 heterocycles. The molecule has 31 heavy (non-hydrogen) atoms. The second kappa shape index (κ2) is 7.61. The summed E-state index contributed by atoms with van der Waals surface area (Å²) in [4.78, 5) is 26.2. The third-order valence-electron chi connectivity index (χ3n) is 6.37. The van der Waals surface area contributed by atoms with E-state index in [9.17, 15) is 18.0 Å². The first-order valence-electron chi connectivity index (χ1n) is 10.7. The van der Waals surface area contributed by atoms with Gasteiger partial charge in [-0.25, -0.2) is 8.42 Å². The molecule has 0 saturated carbocycles. The first-order chi connectivity index (χ1) is 15.0. The fourth-order valence-corrected chi connectivity index (χ4v) is 6.17. The molecule has 2 aromatic carbocycles. The van der Waals surface area contributed by atoms with Crippen molar-refractivity contribution in [2.75, 3.05) is 0 Å². The van der Waals surface area contributed by atoms with Crippen molar-refractivity contribution in [1.82, 2.24) is 5.32 Å². The van der Waals surface area contributed by atoms with Crippen LogP contribution in [0.1, 0.15) is 50.0 Å². The van der Waals surface area contributed by atoms with E-state index in [4.69, 9.17) is 0 Å². The molecule has 0 amide bonds. The Morgan fingerprint density at radius 2 is 1.19 bits per heavy atom. The fraction of sp³-hybridized carbons (Fsp3) is 0.280. The largest absolute Gasteiger partial charge is 0.362 e. The summed E-state index contributed by atoms with van der Waals surface area (Å²) in [7, 11) is -3.62. The molecule has 3 aliphatic rings. The quantitative estimate of drug-likeness (QED) is 0.784. The molecule has 1 aliphatic heterocycles. The van der Waals surface area contributed by atoms with Gasteiger partial charge in [0.1, 0.15) is 0 Å². The molecule has 5 nitrogen and oxygen atoms in total. The Hall–Kier alpha value is -2.99. The molecule has 1 N–H and O–H groups in total. The van der Waals surface area contributed by atoms with E-state index in [0.29, 0.717) is 24.0 Å². The van der Waals surface area contributed by atoms with Gasteiger partial charge in [0.25, 0.3) is 0 Å². The van der Waals surface area contributed by atoms with Gasteiger partial charge in [0.2, 0.25) is 9.84 Å². The molecule has 0 unspecified atom stereocenters. The van der Waals surface area contributed by atoms with Crippen molar-refractivity contribution in [2.24, 2.45) is 0 Å². The van der Waals surface area contributed by atoms with Crippen molar-refractivity contribution in [3.8, 4) is 0 Å². The van der Waals surface area contributed by atoms with Gasteiger partial charge in [-0.3, -0.25) is 9.59 Å². The fourth-order valence-electron chi connectivity index (χ4n) is 4.89. The molecule has 0 fully saturated rings. The van der Waals surface area contributed by atoms with E-state index in [2.05, 4.69) is 5.32 Å². The van der Waals surface area contributed by atoms with Gasteiger partial charge in [-0.15, -0.1) is 0 Å². The number of hydrogen-bond donors (Lipinski definition) is 1. The second-order valence-corrected chi connectivity index (χ2v) is 10.2. The number of sulfone groups is 1. The van der Waals surface area contributed by atoms with Gasteiger partial charge >= 0.3 is 0 Å². The summed E-state index contributed by atoms with van der Waals surface area (Å²) >= 11 is 0. The molecular formula is C25H23NO4S. The number of nitrogens with one attached hydrogen (secondary N) is 1. The zero-order valence-electron chi connectivity index (χ0n) is 17.1. The summed E-state index contributed by atoms with van der Waals surface area (Å²) < 4.78 is 25.9. The number of carbonyl (C=O) groups excluding carboxylic acids is 2. The Bertz CT molecular complexity index is 1200. The molecule has 0 radical (unpaired) electrons. The van der Waals surface area contributed by atoms with Crippen molar-refractivity contribution in [2.45, 2.75) is 54.2 Å². The average Bonchev–Trinajstić information content (AvgIpc) is 2.79. The van der Waals surface area contributed by atoms with E-state index in [-0.39, 0.29) is 21.4 Å². The second-order valence-electron chi connectivity index (χ2n) is 8.28. The van der Waals surface area contributed by atoms with Gasteiger partial charge in [-0.2, -0.15) is 0 Å². The van der Waals surface area contributed by atoms with Gasteiger partial charge in [0.15, 0.2) is 11.6 Å². The zero-order valence-corrected chi connectivity index (χ0v) is 17.9. The molecule has 6 heteroatoms. The zero-order chi connectivity index (χ0) is 21.6. The Kier molecular flexibility index (Phi) is 4.89. The minimum Gasteiger partial charge on any atom is -0.362 e. The third-order valence-corrected chi connectivity index (χ3v) is 8.15. The Balaban J connectivity index is 1.59. The van der Waals surface area contributed by atoms with Crippen LogP contribution in [0.4, 0.5) is 0 Å². The predicted molar refractivity (Wildman–Crippen MR) is 116 cm³/mol. The number of allylic oxidation sites excluding steroid dienone is 4.